The van der Waals surface area contributed by atoms with Crippen LogP contribution in [0, 0.1) is 5.41 Å². The maximum absolute atomic E-state index is 12.0. The van der Waals surface area contributed by atoms with Crippen LogP contribution in [-0.2, 0) is 9.53 Å². The van der Waals surface area contributed by atoms with Crippen LogP contribution >= 0.6 is 0 Å². The summed E-state index contributed by atoms with van der Waals surface area (Å²) in [6, 6.07) is 7.54. The van der Waals surface area contributed by atoms with Crippen LogP contribution < -0.4 is 10.9 Å². The second-order valence-corrected chi connectivity index (χ2v) is 7.66. The number of hydrogen-bond donors (Lipinski definition) is 3. The number of aromatic amines is 1. The Morgan fingerprint density at radius 2 is 2.10 bits per heavy atom. The van der Waals surface area contributed by atoms with Crippen LogP contribution in [0.15, 0.2) is 46.5 Å². The molecule has 1 aromatic heterocycles. The summed E-state index contributed by atoms with van der Waals surface area (Å²) in [5, 5.41) is 14.2. The first kappa shape index (κ1) is 19.4. The Labute approximate surface area is 169 Å². The third-order valence-corrected chi connectivity index (χ3v) is 5.75. The first-order chi connectivity index (χ1) is 14.0. The van der Waals surface area contributed by atoms with Gasteiger partial charge >= 0.3 is 0 Å². The second kappa shape index (κ2) is 8.21. The lowest BCUT2D eigenvalue weighted by molar-refractivity contribution is -0.128. The molecule has 0 spiro atoms. The highest BCUT2D eigenvalue weighted by atomic mass is 16.5. The van der Waals surface area contributed by atoms with Gasteiger partial charge in [0.2, 0.25) is 11.5 Å². The van der Waals surface area contributed by atoms with Gasteiger partial charge in [0.25, 0.3) is 0 Å². The normalized spacial score (nSPS) is 18.2. The van der Waals surface area contributed by atoms with Crippen molar-refractivity contribution in [3.05, 3.63) is 57.6 Å². The molecule has 2 aliphatic rings. The van der Waals surface area contributed by atoms with Crippen LogP contribution in [0.3, 0.4) is 0 Å². The minimum atomic E-state index is -0.193. The summed E-state index contributed by atoms with van der Waals surface area (Å²) in [6.45, 7) is 4.09. The molecule has 3 heterocycles. The van der Waals surface area contributed by atoms with Crippen molar-refractivity contribution in [1.29, 1.82) is 5.41 Å². The van der Waals surface area contributed by atoms with Gasteiger partial charge in [0.15, 0.2) is 0 Å². The van der Waals surface area contributed by atoms with Crippen LogP contribution in [0.1, 0.15) is 31.7 Å². The number of hydrogen-bond acceptors (Lipinski definition) is 5. The number of benzene rings is 1. The largest absolute Gasteiger partial charge is 0.385 e. The van der Waals surface area contributed by atoms with E-state index in [1.54, 1.807) is 18.0 Å². The predicted octanol–water partition coefficient (Wildman–Crippen LogP) is 2.17. The molecular formula is C22H26N4O3. The van der Waals surface area contributed by atoms with E-state index in [2.05, 4.69) is 10.3 Å². The minimum Gasteiger partial charge on any atom is -0.385 e. The average molecular weight is 394 g/mol. The number of aromatic nitrogens is 1. The third-order valence-electron chi connectivity index (χ3n) is 5.75. The van der Waals surface area contributed by atoms with Crippen LogP contribution in [0.25, 0.3) is 10.8 Å². The second-order valence-electron chi connectivity index (χ2n) is 7.66. The van der Waals surface area contributed by atoms with E-state index in [1.165, 1.54) is 6.07 Å². The number of fused-ring (bicyclic) bond motifs is 1. The lowest BCUT2D eigenvalue weighted by Crippen LogP contribution is -2.43. The van der Waals surface area contributed by atoms with Crippen molar-refractivity contribution in [2.75, 3.05) is 26.3 Å². The summed E-state index contributed by atoms with van der Waals surface area (Å²) in [4.78, 5) is 28.4. The predicted molar refractivity (Wildman–Crippen MR) is 112 cm³/mol. The number of amides is 1. The topological polar surface area (TPSA) is 98.3 Å². The van der Waals surface area contributed by atoms with Crippen molar-refractivity contribution in [2.24, 2.45) is 0 Å². The van der Waals surface area contributed by atoms with Gasteiger partial charge < -0.3 is 19.9 Å². The molecule has 1 amide bonds. The molecule has 0 bridgehead atoms. The number of pyridine rings is 1. The number of nitrogens with one attached hydrogen (secondary N) is 3. The summed E-state index contributed by atoms with van der Waals surface area (Å²) in [6.07, 6.45) is 4.24. The van der Waals surface area contributed by atoms with E-state index in [0.29, 0.717) is 36.8 Å². The molecule has 0 atom stereocenters. The number of carbonyl (C=O) groups is 1. The first-order valence-corrected chi connectivity index (χ1v) is 10.1. The summed E-state index contributed by atoms with van der Waals surface area (Å²) in [5.41, 5.74) is 2.73. The van der Waals surface area contributed by atoms with Gasteiger partial charge in [-0.3, -0.25) is 15.0 Å². The highest BCUT2D eigenvalue weighted by molar-refractivity contribution is 6.18. The summed E-state index contributed by atoms with van der Waals surface area (Å²) >= 11 is 0. The first-order valence-electron chi connectivity index (χ1n) is 10.1. The zero-order valence-electron chi connectivity index (χ0n) is 16.6. The van der Waals surface area contributed by atoms with E-state index >= 15 is 0 Å². The minimum absolute atomic E-state index is 0.00906. The highest BCUT2D eigenvalue weighted by Crippen LogP contribution is 2.25. The van der Waals surface area contributed by atoms with Gasteiger partial charge in [-0.2, -0.15) is 0 Å². The fourth-order valence-electron chi connectivity index (χ4n) is 4.08. The summed E-state index contributed by atoms with van der Waals surface area (Å²) in [7, 11) is 0. The maximum atomic E-state index is 12.0. The van der Waals surface area contributed by atoms with E-state index in [1.807, 2.05) is 18.2 Å². The number of ether oxygens (including phenoxy) is 1. The van der Waals surface area contributed by atoms with E-state index in [-0.39, 0.29) is 11.5 Å². The van der Waals surface area contributed by atoms with E-state index in [9.17, 15) is 9.59 Å². The van der Waals surface area contributed by atoms with Gasteiger partial charge in [-0.05, 0) is 23.6 Å². The molecule has 152 valence electrons. The lowest BCUT2D eigenvalue weighted by atomic mass is 9.92. The monoisotopic (exact) mass is 394 g/mol. The summed E-state index contributed by atoms with van der Waals surface area (Å²) < 4.78 is 5.46. The molecule has 0 aliphatic carbocycles. The van der Waals surface area contributed by atoms with Crippen molar-refractivity contribution in [1.82, 2.24) is 15.2 Å². The maximum Gasteiger partial charge on any atom is 0.248 e. The Hall–Kier alpha value is -2.93. The molecule has 0 unspecified atom stereocenters. The van der Waals surface area contributed by atoms with Crippen LogP contribution in [0.4, 0.5) is 0 Å². The fraction of sp³-hybridized carbons (Fsp3) is 0.409. The molecule has 1 saturated heterocycles. The van der Waals surface area contributed by atoms with E-state index in [0.717, 1.165) is 48.1 Å². The molecule has 0 saturated carbocycles. The Bertz CT molecular complexity index is 1030. The molecule has 2 aliphatic heterocycles. The molecular weight excluding hydrogens is 368 g/mol. The molecule has 0 radical (unpaired) electrons. The zero-order valence-corrected chi connectivity index (χ0v) is 16.6. The average Bonchev–Trinajstić information content (AvgIpc) is 2.73. The van der Waals surface area contributed by atoms with Gasteiger partial charge in [-0.15, -0.1) is 0 Å². The standard InChI is InChI=1S/C22H26N4O3/c1-14(27)26-8-5-20(25-16-6-9-29-10-7-16)19(13-26)22(23)17-4-2-3-15-12-24-21(28)11-18(15)17/h2-4,11-12,16,23,25H,5-10,13H2,1H3,(H,24,28). The van der Waals surface area contributed by atoms with E-state index in [4.69, 9.17) is 10.1 Å². The quantitative estimate of drug-likeness (QED) is 0.692. The number of carbonyl (C=O) groups excluding carboxylic acids is 1. The lowest BCUT2D eigenvalue weighted by Gasteiger charge is -2.34. The van der Waals surface area contributed by atoms with Gasteiger partial charge in [0.1, 0.15) is 0 Å². The molecule has 7 heteroatoms. The number of H-pyrrole nitrogens is 1. The van der Waals surface area contributed by atoms with Crippen LogP contribution in [0.2, 0.25) is 0 Å². The number of nitrogens with zero attached hydrogens (tertiary/aromatic N) is 1. The fourth-order valence-corrected chi connectivity index (χ4v) is 4.08. The molecule has 3 N–H and O–H groups in total. The Morgan fingerprint density at radius 1 is 1.31 bits per heavy atom. The van der Waals surface area contributed by atoms with Gasteiger partial charge in [-0.25, -0.2) is 0 Å². The van der Waals surface area contributed by atoms with Crippen molar-refractivity contribution in [3.8, 4) is 0 Å². The van der Waals surface area contributed by atoms with Gasteiger partial charge in [0.05, 0.1) is 5.71 Å². The Kier molecular flexibility index (Phi) is 5.49. The van der Waals surface area contributed by atoms with Crippen LogP contribution in [0.5, 0.6) is 0 Å². The highest BCUT2D eigenvalue weighted by Gasteiger charge is 2.26. The zero-order chi connectivity index (χ0) is 20.4. The molecule has 1 aromatic carbocycles. The van der Waals surface area contributed by atoms with Gasteiger partial charge in [0, 0.05) is 74.8 Å². The third kappa shape index (κ3) is 4.10. The van der Waals surface area contributed by atoms with Crippen molar-refractivity contribution >= 4 is 22.4 Å². The van der Waals surface area contributed by atoms with E-state index < -0.39 is 0 Å². The molecule has 4 rings (SSSR count). The number of rotatable bonds is 4. The molecule has 29 heavy (non-hydrogen) atoms. The Morgan fingerprint density at radius 3 is 2.86 bits per heavy atom. The Balaban J connectivity index is 1.74. The smallest absolute Gasteiger partial charge is 0.248 e. The molecule has 2 aromatic rings. The van der Waals surface area contributed by atoms with Gasteiger partial charge in [-0.1, -0.05) is 18.2 Å². The molecule has 7 nitrogen and oxygen atoms in total. The van der Waals surface area contributed by atoms with Crippen LogP contribution in [-0.4, -0.2) is 53.8 Å². The SMILES string of the molecule is CC(=O)N1CCC(NC2CCOCC2)=C(C(=N)c2cccc3c[nH]c(=O)cc23)C1. The van der Waals surface area contributed by atoms with Crippen molar-refractivity contribution in [3.63, 3.8) is 0 Å². The van der Waals surface area contributed by atoms with Crippen molar-refractivity contribution in [2.45, 2.75) is 32.2 Å². The van der Waals surface area contributed by atoms with Crippen molar-refractivity contribution < 1.29 is 9.53 Å². The summed E-state index contributed by atoms with van der Waals surface area (Å²) in [5.74, 6) is 0.00906. The molecule has 1 fully saturated rings.